The van der Waals surface area contributed by atoms with Gasteiger partial charge in [-0.05, 0) is 50.3 Å². The summed E-state index contributed by atoms with van der Waals surface area (Å²) < 4.78 is 2.08. The summed E-state index contributed by atoms with van der Waals surface area (Å²) in [5, 5.41) is 3.39. The predicted octanol–water partition coefficient (Wildman–Crippen LogP) is 5.14. The first-order valence-electron chi connectivity index (χ1n) is 7.06. The molecule has 2 N–H and O–H groups in total. The van der Waals surface area contributed by atoms with Crippen molar-refractivity contribution in [1.29, 1.82) is 0 Å². The number of para-hydroxylation sites is 1. The van der Waals surface area contributed by atoms with Crippen molar-refractivity contribution in [2.75, 3.05) is 13.1 Å². The molecular formula is C15H24N2S2. The second-order valence-electron chi connectivity index (χ2n) is 4.47. The van der Waals surface area contributed by atoms with E-state index in [4.69, 9.17) is 12.2 Å². The first-order chi connectivity index (χ1) is 9.27. The fourth-order valence-corrected chi connectivity index (χ4v) is 2.74. The highest BCUT2D eigenvalue weighted by molar-refractivity contribution is 7.73. The van der Waals surface area contributed by atoms with Crippen LogP contribution in [0.3, 0.4) is 0 Å². The van der Waals surface area contributed by atoms with Gasteiger partial charge in [0.05, 0.1) is 10.2 Å². The highest BCUT2D eigenvalue weighted by Crippen LogP contribution is 2.17. The van der Waals surface area contributed by atoms with E-state index < -0.39 is 0 Å². The Hall–Kier alpha value is -0.710. The zero-order chi connectivity index (χ0) is 13.9. The van der Waals surface area contributed by atoms with Crippen LogP contribution in [0.4, 0.5) is 0 Å². The van der Waals surface area contributed by atoms with E-state index in [0.717, 1.165) is 9.47 Å². The first-order valence-corrected chi connectivity index (χ1v) is 8.29. The van der Waals surface area contributed by atoms with Crippen LogP contribution in [0.15, 0.2) is 24.3 Å². The Bertz CT molecular complexity index is 460. The van der Waals surface area contributed by atoms with Crippen LogP contribution >= 0.6 is 23.6 Å². The minimum absolute atomic E-state index is 0.848. The lowest BCUT2D eigenvalue weighted by Gasteiger charge is -1.99. The largest absolute Gasteiger partial charge is 0.337 e. The van der Waals surface area contributed by atoms with Crippen molar-refractivity contribution in [2.24, 2.45) is 0 Å². The van der Waals surface area contributed by atoms with Gasteiger partial charge in [0, 0.05) is 0 Å². The van der Waals surface area contributed by atoms with E-state index in [-0.39, 0.29) is 0 Å². The maximum absolute atomic E-state index is 4.98. The number of aromatic amines is 1. The summed E-state index contributed by atoms with van der Waals surface area (Å²) in [5.74, 6) is 0. The fourth-order valence-electron chi connectivity index (χ4n) is 1.62. The number of aromatic nitrogens is 1. The van der Waals surface area contributed by atoms with Crippen molar-refractivity contribution in [3.63, 3.8) is 0 Å². The molecule has 0 spiro atoms. The van der Waals surface area contributed by atoms with Crippen LogP contribution in [0.1, 0.15) is 39.5 Å². The van der Waals surface area contributed by atoms with Crippen molar-refractivity contribution < 1.29 is 0 Å². The van der Waals surface area contributed by atoms with E-state index in [1.165, 1.54) is 43.5 Å². The van der Waals surface area contributed by atoms with Gasteiger partial charge in [-0.25, -0.2) is 0 Å². The topological polar surface area (TPSA) is 27.8 Å². The molecule has 2 rings (SSSR count). The van der Waals surface area contributed by atoms with E-state index in [1.54, 1.807) is 11.3 Å². The highest BCUT2D eigenvalue weighted by atomic mass is 32.1. The van der Waals surface area contributed by atoms with Crippen molar-refractivity contribution in [2.45, 2.75) is 39.5 Å². The van der Waals surface area contributed by atoms with Crippen LogP contribution in [-0.2, 0) is 0 Å². The molecule has 2 aromatic rings. The number of H-pyrrole nitrogens is 1. The third kappa shape index (κ3) is 6.85. The van der Waals surface area contributed by atoms with E-state index in [9.17, 15) is 0 Å². The Kier molecular flexibility index (Phi) is 8.71. The van der Waals surface area contributed by atoms with Crippen LogP contribution in [0.5, 0.6) is 0 Å². The van der Waals surface area contributed by atoms with Crippen molar-refractivity contribution in [3.05, 3.63) is 28.2 Å². The van der Waals surface area contributed by atoms with Crippen molar-refractivity contribution >= 4 is 33.8 Å². The number of rotatable bonds is 6. The Morgan fingerprint density at radius 2 is 1.74 bits per heavy atom. The molecule has 0 saturated heterocycles. The molecule has 0 aliphatic carbocycles. The molecule has 0 aliphatic rings. The number of nitrogens with one attached hydrogen (secondary N) is 2. The van der Waals surface area contributed by atoms with Gasteiger partial charge < -0.3 is 10.3 Å². The zero-order valence-corrected chi connectivity index (χ0v) is 13.5. The third-order valence-corrected chi connectivity index (χ3v) is 3.96. The molecule has 1 heterocycles. The van der Waals surface area contributed by atoms with Gasteiger partial charge >= 0.3 is 0 Å². The molecule has 1 aromatic heterocycles. The predicted molar refractivity (Wildman–Crippen MR) is 89.7 cm³/mol. The second kappa shape index (κ2) is 10.1. The lowest BCUT2D eigenvalue weighted by Crippen LogP contribution is -2.15. The van der Waals surface area contributed by atoms with Gasteiger partial charge in [-0.3, -0.25) is 0 Å². The summed E-state index contributed by atoms with van der Waals surface area (Å²) >= 11 is 6.59. The number of thiazole rings is 1. The molecule has 1 aromatic carbocycles. The van der Waals surface area contributed by atoms with Gasteiger partial charge in [-0.1, -0.05) is 38.8 Å². The summed E-state index contributed by atoms with van der Waals surface area (Å²) in [5.41, 5.74) is 1.14. The molecule has 0 radical (unpaired) electrons. The normalized spacial score (nSPS) is 10.2. The maximum atomic E-state index is 4.98. The Morgan fingerprint density at radius 3 is 2.32 bits per heavy atom. The van der Waals surface area contributed by atoms with Crippen LogP contribution in [-0.4, -0.2) is 18.1 Å². The smallest absolute Gasteiger partial charge is 0.159 e. The third-order valence-electron chi connectivity index (χ3n) is 2.74. The van der Waals surface area contributed by atoms with E-state index in [2.05, 4.69) is 30.2 Å². The van der Waals surface area contributed by atoms with Gasteiger partial charge in [0.1, 0.15) is 0 Å². The minimum atomic E-state index is 0.848. The van der Waals surface area contributed by atoms with Crippen LogP contribution < -0.4 is 5.32 Å². The lowest BCUT2D eigenvalue weighted by atomic mass is 10.3. The van der Waals surface area contributed by atoms with Crippen LogP contribution in [0.2, 0.25) is 0 Å². The number of unbranched alkanes of at least 4 members (excludes halogenated alkanes) is 2. The minimum Gasteiger partial charge on any atom is -0.337 e. The molecule has 19 heavy (non-hydrogen) atoms. The number of hydrogen-bond acceptors (Lipinski definition) is 3. The van der Waals surface area contributed by atoms with E-state index >= 15 is 0 Å². The van der Waals surface area contributed by atoms with E-state index in [0.29, 0.717) is 0 Å². The summed E-state index contributed by atoms with van der Waals surface area (Å²) in [6, 6.07) is 8.11. The molecule has 0 unspecified atom stereocenters. The quantitative estimate of drug-likeness (QED) is 0.571. The maximum Gasteiger partial charge on any atom is 0.159 e. The number of fused-ring (bicyclic) bond motifs is 1. The zero-order valence-electron chi connectivity index (χ0n) is 11.9. The molecule has 106 valence electrons. The van der Waals surface area contributed by atoms with E-state index in [1.807, 2.05) is 18.2 Å². The molecule has 0 aliphatic heterocycles. The average Bonchev–Trinajstić information content (AvgIpc) is 2.79. The number of hydrogen-bond donors (Lipinski definition) is 2. The summed E-state index contributed by atoms with van der Waals surface area (Å²) in [7, 11) is 0. The molecule has 0 atom stereocenters. The molecule has 0 saturated carbocycles. The standard InChI is InChI=1S/C8H19N.C7H5NS2/c1-3-5-7-9-8-6-4-2;9-7-8-5-3-1-2-4-6(5)10-7/h9H,3-8H2,1-2H3;1-4H,(H,8,9). The van der Waals surface area contributed by atoms with Gasteiger partial charge in [-0.15, -0.1) is 11.3 Å². The molecular weight excluding hydrogens is 272 g/mol. The first kappa shape index (κ1) is 16.3. The van der Waals surface area contributed by atoms with Crippen LogP contribution in [0, 0.1) is 3.95 Å². The Labute approximate surface area is 125 Å². The lowest BCUT2D eigenvalue weighted by molar-refractivity contribution is 0.611. The molecule has 0 fully saturated rings. The monoisotopic (exact) mass is 296 g/mol. The Balaban J connectivity index is 0.000000192. The van der Waals surface area contributed by atoms with Crippen molar-refractivity contribution in [3.8, 4) is 0 Å². The second-order valence-corrected chi connectivity index (χ2v) is 6.19. The summed E-state index contributed by atoms with van der Waals surface area (Å²) in [4.78, 5) is 3.09. The van der Waals surface area contributed by atoms with Crippen molar-refractivity contribution in [1.82, 2.24) is 10.3 Å². The number of benzene rings is 1. The Morgan fingerprint density at radius 1 is 1.11 bits per heavy atom. The van der Waals surface area contributed by atoms with Gasteiger partial charge in [0.15, 0.2) is 3.95 Å². The molecule has 2 nitrogen and oxygen atoms in total. The van der Waals surface area contributed by atoms with Gasteiger partial charge in [-0.2, -0.15) is 0 Å². The highest BCUT2D eigenvalue weighted by Gasteiger charge is 1.91. The summed E-state index contributed by atoms with van der Waals surface area (Å²) in [6.45, 7) is 6.86. The SMILES string of the molecule is CCCCNCCCC.S=c1[nH]c2ccccc2s1. The molecule has 0 amide bonds. The van der Waals surface area contributed by atoms with Gasteiger partial charge in [0.25, 0.3) is 0 Å². The fraction of sp³-hybridized carbons (Fsp3) is 0.533. The summed E-state index contributed by atoms with van der Waals surface area (Å²) in [6.07, 6.45) is 5.26. The molecule has 0 bridgehead atoms. The molecule has 4 heteroatoms. The van der Waals surface area contributed by atoms with Crippen LogP contribution in [0.25, 0.3) is 10.2 Å². The average molecular weight is 297 g/mol. The van der Waals surface area contributed by atoms with Gasteiger partial charge in [0.2, 0.25) is 0 Å².